The van der Waals surface area contributed by atoms with Crippen LogP contribution in [0.3, 0.4) is 0 Å². The van der Waals surface area contributed by atoms with E-state index in [1.807, 2.05) is 11.0 Å². The lowest BCUT2D eigenvalue weighted by atomic mass is 9.98. The van der Waals surface area contributed by atoms with Gasteiger partial charge in [-0.2, -0.15) is 5.10 Å². The third-order valence-corrected chi connectivity index (χ3v) is 4.96. The molecule has 1 amide bonds. The maximum absolute atomic E-state index is 12.9. The zero-order chi connectivity index (χ0) is 17.2. The second kappa shape index (κ2) is 8.10. The number of hydrogen-bond donors (Lipinski definition) is 2. The van der Waals surface area contributed by atoms with Crippen molar-refractivity contribution in [1.82, 2.24) is 20.4 Å². The number of amides is 1. The molecule has 0 unspecified atom stereocenters. The molecule has 2 aromatic rings. The average Bonchev–Trinajstić information content (AvgIpc) is 3.09. The van der Waals surface area contributed by atoms with Gasteiger partial charge in [0.1, 0.15) is 5.75 Å². The highest BCUT2D eigenvalue weighted by Crippen LogP contribution is 2.26. The average molecular weight is 377 g/mol. The number of ether oxygens (including phenoxy) is 1. The number of hydrogen-bond acceptors (Lipinski definition) is 4. The van der Waals surface area contributed by atoms with Gasteiger partial charge in [0, 0.05) is 43.9 Å². The molecule has 3 heterocycles. The van der Waals surface area contributed by atoms with Crippen LogP contribution in [0.1, 0.15) is 46.2 Å². The number of carbonyl (C=O) groups excluding carboxylic acids is 1. The fourth-order valence-corrected chi connectivity index (χ4v) is 3.56. The monoisotopic (exact) mass is 376 g/mol. The predicted molar refractivity (Wildman–Crippen MR) is 102 cm³/mol. The van der Waals surface area contributed by atoms with E-state index in [1.165, 1.54) is 11.1 Å². The van der Waals surface area contributed by atoms with Crippen LogP contribution < -0.4 is 10.1 Å². The van der Waals surface area contributed by atoms with Crippen LogP contribution in [-0.2, 0) is 25.9 Å². The summed E-state index contributed by atoms with van der Waals surface area (Å²) < 4.78 is 5.72. The van der Waals surface area contributed by atoms with Gasteiger partial charge in [0.15, 0.2) is 5.69 Å². The Bertz CT molecular complexity index is 790. The van der Waals surface area contributed by atoms with E-state index in [0.29, 0.717) is 12.2 Å². The molecule has 0 bridgehead atoms. The Kier molecular flexibility index (Phi) is 5.84. The number of halogens is 1. The normalized spacial score (nSPS) is 15.7. The maximum Gasteiger partial charge on any atom is 0.275 e. The maximum atomic E-state index is 12.9. The van der Waals surface area contributed by atoms with Crippen LogP contribution in [0, 0.1) is 0 Å². The highest BCUT2D eigenvalue weighted by Gasteiger charge is 2.28. The number of carbonyl (C=O) groups is 1. The van der Waals surface area contributed by atoms with Crippen LogP contribution in [0.2, 0.25) is 0 Å². The first-order chi connectivity index (χ1) is 12.3. The number of benzene rings is 1. The molecule has 0 fully saturated rings. The van der Waals surface area contributed by atoms with Gasteiger partial charge in [-0.1, -0.05) is 13.0 Å². The number of H-pyrrole nitrogens is 1. The third-order valence-electron chi connectivity index (χ3n) is 4.96. The molecule has 6 nitrogen and oxygen atoms in total. The Labute approximate surface area is 159 Å². The highest BCUT2D eigenvalue weighted by molar-refractivity contribution is 5.94. The Morgan fingerprint density at radius 2 is 2.19 bits per heavy atom. The van der Waals surface area contributed by atoms with E-state index in [-0.39, 0.29) is 18.3 Å². The van der Waals surface area contributed by atoms with Gasteiger partial charge >= 0.3 is 0 Å². The summed E-state index contributed by atoms with van der Waals surface area (Å²) in [6, 6.07) is 6.21. The summed E-state index contributed by atoms with van der Waals surface area (Å²) >= 11 is 0. The molecule has 0 radical (unpaired) electrons. The Morgan fingerprint density at radius 1 is 1.31 bits per heavy atom. The molecule has 2 N–H and O–H groups in total. The molecule has 2 aliphatic heterocycles. The Hall–Kier alpha value is -2.05. The smallest absolute Gasteiger partial charge is 0.275 e. The molecule has 0 saturated heterocycles. The van der Waals surface area contributed by atoms with Crippen LogP contribution >= 0.6 is 12.4 Å². The van der Waals surface area contributed by atoms with E-state index in [1.54, 1.807) is 0 Å². The van der Waals surface area contributed by atoms with Crippen LogP contribution in [0.15, 0.2) is 18.2 Å². The van der Waals surface area contributed by atoms with Gasteiger partial charge in [0.05, 0.1) is 6.61 Å². The highest BCUT2D eigenvalue weighted by atomic mass is 35.5. The minimum Gasteiger partial charge on any atom is -0.494 e. The van der Waals surface area contributed by atoms with E-state index in [2.05, 4.69) is 34.6 Å². The fourth-order valence-electron chi connectivity index (χ4n) is 3.56. The summed E-state index contributed by atoms with van der Waals surface area (Å²) in [5.41, 5.74) is 5.19. The van der Waals surface area contributed by atoms with Gasteiger partial charge in [-0.05, 0) is 36.1 Å². The van der Waals surface area contributed by atoms with Crippen LogP contribution in [-0.4, -0.2) is 40.7 Å². The van der Waals surface area contributed by atoms with Crippen molar-refractivity contribution in [2.24, 2.45) is 0 Å². The van der Waals surface area contributed by atoms with E-state index >= 15 is 0 Å². The van der Waals surface area contributed by atoms with Crippen molar-refractivity contribution in [3.8, 4) is 5.75 Å². The minimum atomic E-state index is 0. The van der Waals surface area contributed by atoms with Crippen molar-refractivity contribution in [3.63, 3.8) is 0 Å². The molecular formula is C19H25ClN4O2. The molecule has 0 saturated carbocycles. The van der Waals surface area contributed by atoms with Crippen molar-refractivity contribution in [1.29, 1.82) is 0 Å². The molecule has 2 aliphatic rings. The lowest BCUT2D eigenvalue weighted by molar-refractivity contribution is 0.0727. The second-order valence-corrected chi connectivity index (χ2v) is 6.71. The number of nitrogens with one attached hydrogen (secondary N) is 2. The summed E-state index contributed by atoms with van der Waals surface area (Å²) in [6.07, 6.45) is 2.76. The standard InChI is InChI=1S/C19H24N4O2.ClH/c1-2-9-25-15-4-3-14-12-23(8-6-13(14)10-15)19(24)18-16-11-20-7-5-17(16)21-22-18;/h3-4,10,20H,2,5-9,11-12H2,1H3,(H,21,22);1H. The second-order valence-electron chi connectivity index (χ2n) is 6.71. The molecule has 0 atom stereocenters. The molecule has 26 heavy (non-hydrogen) atoms. The first-order valence-corrected chi connectivity index (χ1v) is 9.07. The first kappa shape index (κ1) is 18.7. The molecule has 1 aromatic heterocycles. The van der Waals surface area contributed by atoms with Crippen LogP contribution in [0.5, 0.6) is 5.75 Å². The number of fused-ring (bicyclic) bond motifs is 2. The SMILES string of the molecule is CCCOc1ccc2c(c1)CCN(C(=O)c1n[nH]c3c1CNCC3)C2.Cl. The summed E-state index contributed by atoms with van der Waals surface area (Å²) in [6.45, 7) is 5.85. The third kappa shape index (κ3) is 3.57. The van der Waals surface area contributed by atoms with E-state index in [4.69, 9.17) is 4.74 Å². The summed E-state index contributed by atoms with van der Waals surface area (Å²) in [5, 5.41) is 10.7. The van der Waals surface area contributed by atoms with Crippen molar-refractivity contribution in [2.45, 2.75) is 39.3 Å². The van der Waals surface area contributed by atoms with Gasteiger partial charge in [-0.3, -0.25) is 9.89 Å². The number of aromatic nitrogens is 2. The number of nitrogens with zero attached hydrogens (tertiary/aromatic N) is 2. The van der Waals surface area contributed by atoms with Gasteiger partial charge in [0.25, 0.3) is 5.91 Å². The molecular weight excluding hydrogens is 352 g/mol. The van der Waals surface area contributed by atoms with Gasteiger partial charge < -0.3 is 15.0 Å². The van der Waals surface area contributed by atoms with Crippen molar-refractivity contribution < 1.29 is 9.53 Å². The van der Waals surface area contributed by atoms with Crippen LogP contribution in [0.25, 0.3) is 0 Å². The largest absolute Gasteiger partial charge is 0.494 e. The van der Waals surface area contributed by atoms with Gasteiger partial charge in [-0.15, -0.1) is 12.4 Å². The van der Waals surface area contributed by atoms with Crippen molar-refractivity contribution in [3.05, 3.63) is 46.3 Å². The molecule has 7 heteroatoms. The first-order valence-electron chi connectivity index (χ1n) is 9.07. The summed E-state index contributed by atoms with van der Waals surface area (Å²) in [4.78, 5) is 14.8. The van der Waals surface area contributed by atoms with Gasteiger partial charge in [-0.25, -0.2) is 0 Å². The quantitative estimate of drug-likeness (QED) is 0.860. The predicted octanol–water partition coefficient (Wildman–Crippen LogP) is 2.46. The number of rotatable bonds is 4. The lowest BCUT2D eigenvalue weighted by Gasteiger charge is -2.29. The molecule has 0 aliphatic carbocycles. The molecule has 140 valence electrons. The summed E-state index contributed by atoms with van der Waals surface area (Å²) in [7, 11) is 0. The molecule has 4 rings (SSSR count). The van der Waals surface area contributed by atoms with E-state index in [0.717, 1.165) is 62.5 Å². The molecule has 1 aromatic carbocycles. The fraction of sp³-hybridized carbons (Fsp3) is 0.474. The van der Waals surface area contributed by atoms with Crippen molar-refractivity contribution in [2.75, 3.05) is 19.7 Å². The van der Waals surface area contributed by atoms with Gasteiger partial charge in [0.2, 0.25) is 0 Å². The molecule has 0 spiro atoms. The zero-order valence-corrected chi connectivity index (χ0v) is 15.8. The number of aromatic amines is 1. The minimum absolute atomic E-state index is 0. The van der Waals surface area contributed by atoms with E-state index < -0.39 is 0 Å². The zero-order valence-electron chi connectivity index (χ0n) is 15.0. The Morgan fingerprint density at radius 3 is 3.04 bits per heavy atom. The van der Waals surface area contributed by atoms with E-state index in [9.17, 15) is 4.79 Å². The topological polar surface area (TPSA) is 70.2 Å². The van der Waals surface area contributed by atoms with Crippen LogP contribution in [0.4, 0.5) is 0 Å². The Balaban J connectivity index is 0.00000196. The lowest BCUT2D eigenvalue weighted by Crippen LogP contribution is -2.37. The van der Waals surface area contributed by atoms with Crippen molar-refractivity contribution >= 4 is 18.3 Å². The summed E-state index contributed by atoms with van der Waals surface area (Å²) in [5.74, 6) is 0.950.